The molecular formula is C20H28N2O2. The number of hydrogen-bond donors (Lipinski definition) is 1. The molecule has 1 saturated heterocycles. The molecule has 1 fully saturated rings. The van der Waals surface area contributed by atoms with E-state index in [0.29, 0.717) is 6.42 Å². The van der Waals surface area contributed by atoms with Crippen molar-refractivity contribution >= 4 is 17.9 Å². The molecular weight excluding hydrogens is 300 g/mol. The summed E-state index contributed by atoms with van der Waals surface area (Å²) >= 11 is 0. The first kappa shape index (κ1) is 18.2. The van der Waals surface area contributed by atoms with Gasteiger partial charge in [-0.3, -0.25) is 9.59 Å². The molecule has 0 spiro atoms. The Hall–Kier alpha value is -2.10. The van der Waals surface area contributed by atoms with E-state index in [1.165, 1.54) is 0 Å². The number of nitrogens with one attached hydrogen (secondary N) is 1. The number of nitrogens with zero attached hydrogens (tertiary/aromatic N) is 1. The monoisotopic (exact) mass is 328 g/mol. The van der Waals surface area contributed by atoms with Crippen LogP contribution in [0, 0.1) is 5.92 Å². The highest BCUT2D eigenvalue weighted by molar-refractivity contribution is 5.78. The third-order valence-corrected chi connectivity index (χ3v) is 4.35. The van der Waals surface area contributed by atoms with Gasteiger partial charge in [0.05, 0.1) is 0 Å². The summed E-state index contributed by atoms with van der Waals surface area (Å²) in [5.74, 6) is 0.327. The summed E-state index contributed by atoms with van der Waals surface area (Å²) in [7, 11) is 0. The smallest absolute Gasteiger partial charge is 0.222 e. The van der Waals surface area contributed by atoms with Crippen LogP contribution in [0.4, 0.5) is 0 Å². The largest absolute Gasteiger partial charge is 0.353 e. The van der Waals surface area contributed by atoms with Gasteiger partial charge in [0.2, 0.25) is 11.8 Å². The molecule has 24 heavy (non-hydrogen) atoms. The predicted molar refractivity (Wildman–Crippen MR) is 97.3 cm³/mol. The van der Waals surface area contributed by atoms with Gasteiger partial charge in [-0.2, -0.15) is 0 Å². The normalized spacial score (nSPS) is 15.9. The average molecular weight is 328 g/mol. The molecule has 4 nitrogen and oxygen atoms in total. The highest BCUT2D eigenvalue weighted by Crippen LogP contribution is 2.13. The Bertz CT molecular complexity index is 558. The minimum atomic E-state index is 0.0149. The highest BCUT2D eigenvalue weighted by Gasteiger charge is 2.23. The summed E-state index contributed by atoms with van der Waals surface area (Å²) < 4.78 is 0. The van der Waals surface area contributed by atoms with E-state index in [0.717, 1.165) is 37.9 Å². The summed E-state index contributed by atoms with van der Waals surface area (Å²) in [6.45, 7) is 5.28. The van der Waals surface area contributed by atoms with Crippen molar-refractivity contribution in [3.63, 3.8) is 0 Å². The van der Waals surface area contributed by atoms with Crippen LogP contribution in [0.15, 0.2) is 36.4 Å². The maximum absolute atomic E-state index is 12.3. The Balaban J connectivity index is 1.67. The summed E-state index contributed by atoms with van der Waals surface area (Å²) in [6.07, 6.45) is 7.13. The van der Waals surface area contributed by atoms with Crippen molar-refractivity contribution in [3.05, 3.63) is 42.0 Å². The lowest BCUT2D eigenvalue weighted by Crippen LogP contribution is -2.47. The number of carbonyl (C=O) groups excluding carboxylic acids is 2. The number of hydrogen-bond acceptors (Lipinski definition) is 2. The SMILES string of the molecule is CC(C)C(=O)NC1CCN(C(=O)CC/C=C/c2ccccc2)CC1. The number of benzene rings is 1. The molecule has 0 aliphatic carbocycles. The van der Waals surface area contributed by atoms with Crippen LogP contribution >= 0.6 is 0 Å². The Morgan fingerprint density at radius 2 is 1.88 bits per heavy atom. The van der Waals surface area contributed by atoms with Gasteiger partial charge < -0.3 is 10.2 Å². The van der Waals surface area contributed by atoms with Crippen LogP contribution in [0.5, 0.6) is 0 Å². The molecule has 0 aromatic heterocycles. The zero-order valence-electron chi connectivity index (χ0n) is 14.7. The van der Waals surface area contributed by atoms with E-state index in [1.54, 1.807) is 0 Å². The molecule has 1 aromatic carbocycles. The van der Waals surface area contributed by atoms with Gasteiger partial charge in [0.1, 0.15) is 0 Å². The second-order valence-electron chi connectivity index (χ2n) is 6.67. The maximum Gasteiger partial charge on any atom is 0.222 e. The predicted octanol–water partition coefficient (Wildman–Crippen LogP) is 3.24. The zero-order valence-corrected chi connectivity index (χ0v) is 14.7. The molecule has 0 atom stereocenters. The van der Waals surface area contributed by atoms with Crippen molar-refractivity contribution in [2.75, 3.05) is 13.1 Å². The second kappa shape index (κ2) is 9.26. The van der Waals surface area contributed by atoms with Gasteiger partial charge >= 0.3 is 0 Å². The number of piperidine rings is 1. The molecule has 0 unspecified atom stereocenters. The molecule has 130 valence electrons. The highest BCUT2D eigenvalue weighted by atomic mass is 16.2. The second-order valence-corrected chi connectivity index (χ2v) is 6.67. The van der Waals surface area contributed by atoms with Crippen LogP contribution in [0.25, 0.3) is 6.08 Å². The number of rotatable bonds is 6. The van der Waals surface area contributed by atoms with Crippen LogP contribution in [-0.2, 0) is 9.59 Å². The topological polar surface area (TPSA) is 49.4 Å². The lowest BCUT2D eigenvalue weighted by atomic mass is 10.0. The van der Waals surface area contributed by atoms with E-state index in [1.807, 2.05) is 36.9 Å². The minimum Gasteiger partial charge on any atom is -0.353 e. The minimum absolute atomic E-state index is 0.0149. The Morgan fingerprint density at radius 1 is 1.21 bits per heavy atom. The Labute approximate surface area is 144 Å². The lowest BCUT2D eigenvalue weighted by Gasteiger charge is -2.32. The fraction of sp³-hybridized carbons (Fsp3) is 0.500. The van der Waals surface area contributed by atoms with Crippen molar-refractivity contribution in [2.24, 2.45) is 5.92 Å². The quantitative estimate of drug-likeness (QED) is 0.871. The molecule has 1 aliphatic rings. The standard InChI is InChI=1S/C20H28N2O2/c1-16(2)20(24)21-18-12-14-22(15-13-18)19(23)11-7-6-10-17-8-4-3-5-9-17/h3-6,8-10,16,18H,7,11-15H2,1-2H3,(H,21,24)/b10-6+. The third-order valence-electron chi connectivity index (χ3n) is 4.35. The first-order chi connectivity index (χ1) is 11.6. The Kier molecular flexibility index (Phi) is 7.04. The number of amides is 2. The third kappa shape index (κ3) is 5.84. The molecule has 1 aliphatic heterocycles. The van der Waals surface area contributed by atoms with Crippen LogP contribution in [0.2, 0.25) is 0 Å². The molecule has 0 radical (unpaired) electrons. The molecule has 4 heteroatoms. The van der Waals surface area contributed by atoms with Gasteiger partial charge in [0.25, 0.3) is 0 Å². The van der Waals surface area contributed by atoms with Crippen LogP contribution in [-0.4, -0.2) is 35.8 Å². The average Bonchev–Trinajstić information content (AvgIpc) is 2.60. The molecule has 0 bridgehead atoms. The number of likely N-dealkylation sites (tertiary alicyclic amines) is 1. The van der Waals surface area contributed by atoms with Crippen molar-refractivity contribution in [1.82, 2.24) is 10.2 Å². The van der Waals surface area contributed by atoms with Crippen molar-refractivity contribution in [1.29, 1.82) is 0 Å². The fourth-order valence-corrected chi connectivity index (χ4v) is 2.79. The van der Waals surface area contributed by atoms with Crippen LogP contribution in [0.1, 0.15) is 45.1 Å². The van der Waals surface area contributed by atoms with Crippen molar-refractivity contribution in [2.45, 2.75) is 45.6 Å². The Morgan fingerprint density at radius 3 is 2.50 bits per heavy atom. The van der Waals surface area contributed by atoms with Gasteiger partial charge in [-0.1, -0.05) is 56.3 Å². The first-order valence-corrected chi connectivity index (χ1v) is 8.86. The number of allylic oxidation sites excluding steroid dienone is 1. The van der Waals surface area contributed by atoms with Crippen molar-refractivity contribution in [3.8, 4) is 0 Å². The summed E-state index contributed by atoms with van der Waals surface area (Å²) in [4.78, 5) is 25.9. The lowest BCUT2D eigenvalue weighted by molar-refractivity contribution is -0.132. The van der Waals surface area contributed by atoms with E-state index in [2.05, 4.69) is 29.6 Å². The molecule has 2 rings (SSSR count). The first-order valence-electron chi connectivity index (χ1n) is 8.86. The number of carbonyl (C=O) groups is 2. The van der Waals surface area contributed by atoms with Gasteiger partial charge in [-0.15, -0.1) is 0 Å². The summed E-state index contributed by atoms with van der Waals surface area (Å²) in [6, 6.07) is 10.3. The van der Waals surface area contributed by atoms with E-state index < -0.39 is 0 Å². The van der Waals surface area contributed by atoms with Gasteiger partial charge in [0, 0.05) is 31.5 Å². The molecule has 0 saturated carbocycles. The fourth-order valence-electron chi connectivity index (χ4n) is 2.79. The van der Waals surface area contributed by atoms with E-state index in [-0.39, 0.29) is 23.8 Å². The summed E-state index contributed by atoms with van der Waals surface area (Å²) in [5, 5.41) is 3.06. The molecule has 2 amide bonds. The zero-order chi connectivity index (χ0) is 17.4. The van der Waals surface area contributed by atoms with Crippen molar-refractivity contribution < 1.29 is 9.59 Å². The van der Waals surface area contributed by atoms with Crippen LogP contribution < -0.4 is 5.32 Å². The van der Waals surface area contributed by atoms with E-state index in [9.17, 15) is 9.59 Å². The molecule has 1 heterocycles. The van der Waals surface area contributed by atoms with Gasteiger partial charge in [-0.25, -0.2) is 0 Å². The van der Waals surface area contributed by atoms with E-state index >= 15 is 0 Å². The molecule has 1 aromatic rings. The van der Waals surface area contributed by atoms with Crippen LogP contribution in [0.3, 0.4) is 0 Å². The molecule has 1 N–H and O–H groups in total. The van der Waals surface area contributed by atoms with E-state index in [4.69, 9.17) is 0 Å². The van der Waals surface area contributed by atoms with Gasteiger partial charge in [-0.05, 0) is 24.8 Å². The maximum atomic E-state index is 12.3. The summed E-state index contributed by atoms with van der Waals surface area (Å²) in [5.41, 5.74) is 1.16. The van der Waals surface area contributed by atoms with Gasteiger partial charge in [0.15, 0.2) is 0 Å².